The molecule has 0 saturated carbocycles. The van der Waals surface area contributed by atoms with Gasteiger partial charge in [0.2, 0.25) is 0 Å². The van der Waals surface area contributed by atoms with Crippen molar-refractivity contribution in [3.63, 3.8) is 0 Å². The summed E-state index contributed by atoms with van der Waals surface area (Å²) in [6.07, 6.45) is 10.5. The fourth-order valence-electron chi connectivity index (χ4n) is 5.07. The Morgan fingerprint density at radius 2 is 1.28 bits per heavy atom. The number of phenols is 1. The molecule has 8 heteroatoms. The van der Waals surface area contributed by atoms with Crippen LogP contribution in [-0.2, 0) is 9.47 Å². The van der Waals surface area contributed by atoms with Gasteiger partial charge in [-0.25, -0.2) is 9.36 Å². The number of benzene rings is 2. The number of ether oxygens (including phenoxy) is 2. The van der Waals surface area contributed by atoms with Crippen LogP contribution in [0, 0.1) is 27.7 Å². The average molecular weight is 556 g/mol. The fraction of sp³-hybridized carbons (Fsp3) is 0.500. The van der Waals surface area contributed by atoms with Crippen LogP contribution in [0.15, 0.2) is 29.0 Å². The number of rotatable bonds is 2. The first kappa shape index (κ1) is 25.2. The fourth-order valence-corrected chi connectivity index (χ4v) is 5.68. The van der Waals surface area contributed by atoms with Crippen molar-refractivity contribution < 1.29 is 14.6 Å². The molecule has 0 bridgehead atoms. The van der Waals surface area contributed by atoms with Gasteiger partial charge < -0.3 is 14.6 Å². The summed E-state index contributed by atoms with van der Waals surface area (Å²) in [5.74, 6) is 0.340. The molecule has 0 amide bonds. The molecular formula is C28H35BrN4O3. The van der Waals surface area contributed by atoms with E-state index in [1.165, 1.54) is 29.4 Å². The molecule has 2 saturated heterocycles. The Morgan fingerprint density at radius 3 is 1.81 bits per heavy atom. The second-order valence-electron chi connectivity index (χ2n) is 9.99. The van der Waals surface area contributed by atoms with Crippen LogP contribution in [0.25, 0.3) is 21.8 Å². The Balaban J connectivity index is 0.000000148. The molecule has 36 heavy (non-hydrogen) atoms. The minimum absolute atomic E-state index is 0.0118. The minimum atomic E-state index is 0.0118. The molecule has 4 aromatic rings. The van der Waals surface area contributed by atoms with Crippen LogP contribution >= 0.6 is 15.9 Å². The minimum Gasteiger partial charge on any atom is -0.507 e. The Labute approximate surface area is 220 Å². The summed E-state index contributed by atoms with van der Waals surface area (Å²) in [4.78, 5) is 0. The molecule has 6 rings (SSSR count). The van der Waals surface area contributed by atoms with Crippen LogP contribution < -0.4 is 0 Å². The van der Waals surface area contributed by atoms with Gasteiger partial charge in [0, 0.05) is 23.1 Å². The van der Waals surface area contributed by atoms with Crippen molar-refractivity contribution >= 4 is 37.7 Å². The zero-order chi connectivity index (χ0) is 25.4. The van der Waals surface area contributed by atoms with Crippen molar-refractivity contribution in [2.24, 2.45) is 0 Å². The monoisotopic (exact) mass is 554 g/mol. The number of nitrogens with zero attached hydrogens (tertiary/aromatic N) is 4. The lowest BCUT2D eigenvalue weighted by atomic mass is 10.1. The highest BCUT2D eigenvalue weighted by atomic mass is 79.9. The number of aryl methyl sites for hydroxylation is 2. The lowest BCUT2D eigenvalue weighted by Crippen LogP contribution is -2.19. The van der Waals surface area contributed by atoms with Crippen LogP contribution in [0.1, 0.15) is 73.2 Å². The summed E-state index contributed by atoms with van der Waals surface area (Å²) >= 11 is 3.67. The van der Waals surface area contributed by atoms with Gasteiger partial charge in [-0.3, -0.25) is 0 Å². The zero-order valence-electron chi connectivity index (χ0n) is 21.6. The van der Waals surface area contributed by atoms with E-state index >= 15 is 0 Å². The SMILES string of the molecule is Cc1cc2c(cnn2C2CCCCO2)c(Br)c1C.Cc1cc2c(cnn2C2CCCCO2)c(O)c1C. The van der Waals surface area contributed by atoms with E-state index in [1.54, 1.807) is 6.20 Å². The van der Waals surface area contributed by atoms with Gasteiger partial charge in [-0.2, -0.15) is 10.2 Å². The van der Waals surface area contributed by atoms with Crippen LogP contribution in [0.5, 0.6) is 5.75 Å². The van der Waals surface area contributed by atoms with E-state index in [9.17, 15) is 5.11 Å². The van der Waals surface area contributed by atoms with Gasteiger partial charge >= 0.3 is 0 Å². The highest BCUT2D eigenvalue weighted by Crippen LogP contribution is 2.35. The number of hydrogen-bond acceptors (Lipinski definition) is 5. The van der Waals surface area contributed by atoms with E-state index < -0.39 is 0 Å². The van der Waals surface area contributed by atoms with E-state index in [2.05, 4.69) is 52.1 Å². The number of phenolic OH excluding ortho intramolecular Hbond substituents is 1. The summed E-state index contributed by atoms with van der Waals surface area (Å²) < 4.78 is 16.7. The zero-order valence-corrected chi connectivity index (χ0v) is 23.1. The van der Waals surface area contributed by atoms with Gasteiger partial charge in [0.1, 0.15) is 5.75 Å². The van der Waals surface area contributed by atoms with E-state index in [1.807, 2.05) is 29.4 Å². The Kier molecular flexibility index (Phi) is 7.37. The molecule has 2 aliphatic rings. The molecule has 7 nitrogen and oxygen atoms in total. The number of aromatic hydroxyl groups is 1. The van der Waals surface area contributed by atoms with Gasteiger partial charge in [-0.15, -0.1) is 0 Å². The van der Waals surface area contributed by atoms with E-state index in [-0.39, 0.29) is 12.5 Å². The molecule has 2 fully saturated rings. The summed E-state index contributed by atoms with van der Waals surface area (Å²) in [7, 11) is 0. The van der Waals surface area contributed by atoms with Crippen molar-refractivity contribution in [1.29, 1.82) is 0 Å². The van der Waals surface area contributed by atoms with Crippen LogP contribution in [0.3, 0.4) is 0 Å². The normalized spacial score (nSPS) is 20.5. The predicted molar refractivity (Wildman–Crippen MR) is 145 cm³/mol. The van der Waals surface area contributed by atoms with Crippen molar-refractivity contribution in [2.45, 2.75) is 78.7 Å². The lowest BCUT2D eigenvalue weighted by Gasteiger charge is -2.23. The topological polar surface area (TPSA) is 74.3 Å². The highest BCUT2D eigenvalue weighted by Gasteiger charge is 2.21. The first-order valence-electron chi connectivity index (χ1n) is 12.9. The number of fused-ring (bicyclic) bond motifs is 2. The first-order valence-corrected chi connectivity index (χ1v) is 13.7. The quantitative estimate of drug-likeness (QED) is 0.284. The van der Waals surface area contributed by atoms with Crippen molar-refractivity contribution in [3.05, 3.63) is 51.3 Å². The van der Waals surface area contributed by atoms with Crippen molar-refractivity contribution in [1.82, 2.24) is 19.6 Å². The van der Waals surface area contributed by atoms with Crippen LogP contribution in [0.2, 0.25) is 0 Å². The maximum atomic E-state index is 10.2. The Hall–Kier alpha value is -2.42. The highest BCUT2D eigenvalue weighted by molar-refractivity contribution is 9.10. The third-order valence-corrected chi connectivity index (χ3v) is 8.61. The molecule has 2 aromatic heterocycles. The summed E-state index contributed by atoms with van der Waals surface area (Å²) in [6.45, 7) is 9.85. The molecule has 1 N–H and O–H groups in total. The van der Waals surface area contributed by atoms with Crippen molar-refractivity contribution in [2.75, 3.05) is 13.2 Å². The Morgan fingerprint density at radius 1 is 0.778 bits per heavy atom. The summed E-state index contributed by atoms with van der Waals surface area (Å²) in [6, 6.07) is 4.29. The predicted octanol–water partition coefficient (Wildman–Crippen LogP) is 7.17. The smallest absolute Gasteiger partial charge is 0.150 e. The largest absolute Gasteiger partial charge is 0.507 e. The third kappa shape index (κ3) is 4.66. The molecule has 0 spiro atoms. The second-order valence-corrected chi connectivity index (χ2v) is 10.8. The van der Waals surface area contributed by atoms with Gasteiger partial charge in [0.05, 0.1) is 28.8 Å². The molecule has 2 atom stereocenters. The van der Waals surface area contributed by atoms with Gasteiger partial charge in [-0.1, -0.05) is 0 Å². The molecule has 2 aromatic carbocycles. The number of halogens is 1. The molecule has 2 aliphatic heterocycles. The molecular weight excluding hydrogens is 520 g/mol. The van der Waals surface area contributed by atoms with E-state index in [0.29, 0.717) is 5.75 Å². The van der Waals surface area contributed by atoms with E-state index in [0.717, 1.165) is 70.9 Å². The second kappa shape index (κ2) is 10.5. The molecule has 0 aliphatic carbocycles. The van der Waals surface area contributed by atoms with Gasteiger partial charge in [0.25, 0.3) is 0 Å². The molecule has 4 heterocycles. The number of aromatic nitrogens is 4. The van der Waals surface area contributed by atoms with Crippen LogP contribution in [-0.4, -0.2) is 37.9 Å². The van der Waals surface area contributed by atoms with Crippen molar-refractivity contribution in [3.8, 4) is 5.75 Å². The van der Waals surface area contributed by atoms with Gasteiger partial charge in [0.15, 0.2) is 12.5 Å². The first-order chi connectivity index (χ1) is 17.4. The van der Waals surface area contributed by atoms with E-state index in [4.69, 9.17) is 9.47 Å². The lowest BCUT2D eigenvalue weighted by molar-refractivity contribution is -0.0367. The molecule has 0 radical (unpaired) electrons. The average Bonchev–Trinajstić information content (AvgIpc) is 3.52. The summed E-state index contributed by atoms with van der Waals surface area (Å²) in [5.41, 5.74) is 6.70. The third-order valence-electron chi connectivity index (χ3n) is 7.59. The maximum Gasteiger partial charge on any atom is 0.150 e. The molecule has 2 unspecified atom stereocenters. The van der Waals surface area contributed by atoms with Crippen LogP contribution in [0.4, 0.5) is 0 Å². The summed E-state index contributed by atoms with van der Waals surface area (Å²) in [5, 5.41) is 21.1. The van der Waals surface area contributed by atoms with Gasteiger partial charge in [-0.05, 0) is 117 Å². The maximum absolute atomic E-state index is 10.2. The molecule has 192 valence electrons. The number of hydrogen-bond donors (Lipinski definition) is 1. The Bertz CT molecular complexity index is 1280. The standard InChI is InChI=1S/C14H17BrN2O.C14H18N2O2/c1-9-7-12-11(14(15)10(9)2)8-16-17(12)13-5-3-4-6-18-13;1-9-7-12-11(14(17)10(9)2)8-15-16(12)13-5-3-4-6-18-13/h7-8,13H,3-6H2,1-2H3;7-8,13,17H,3-6H2,1-2H3.